The number of rotatable bonds is 2. The largest absolute Gasteiger partial charge is 0.326 e. The third-order valence-corrected chi connectivity index (χ3v) is 3.54. The molecule has 3 nitrogen and oxygen atoms in total. The lowest BCUT2D eigenvalue weighted by atomic mass is 10.1. The maximum atomic E-state index is 13.4. The molecule has 1 aliphatic rings. The highest BCUT2D eigenvalue weighted by Gasteiger charge is 2.23. The van der Waals surface area contributed by atoms with Crippen molar-refractivity contribution in [1.82, 2.24) is 4.98 Å². The Labute approximate surface area is 111 Å². The van der Waals surface area contributed by atoms with Crippen molar-refractivity contribution in [3.63, 3.8) is 0 Å². The van der Waals surface area contributed by atoms with Gasteiger partial charge in [0, 0.05) is 25.0 Å². The van der Waals surface area contributed by atoms with Crippen LogP contribution in [0.4, 0.5) is 15.9 Å². The Morgan fingerprint density at radius 1 is 1.37 bits per heavy atom. The number of benzene rings is 1. The van der Waals surface area contributed by atoms with Crippen molar-refractivity contribution < 1.29 is 4.39 Å². The molecule has 0 amide bonds. The molecule has 0 saturated carbocycles. The lowest BCUT2D eigenvalue weighted by Crippen LogP contribution is -2.16. The van der Waals surface area contributed by atoms with Gasteiger partial charge >= 0.3 is 0 Å². The Balaban J connectivity index is 2.04. The van der Waals surface area contributed by atoms with E-state index in [1.54, 1.807) is 12.3 Å². The summed E-state index contributed by atoms with van der Waals surface area (Å²) >= 11 is 0. The van der Waals surface area contributed by atoms with E-state index in [2.05, 4.69) is 9.88 Å². The van der Waals surface area contributed by atoms with Gasteiger partial charge in [-0.25, -0.2) is 9.37 Å². The van der Waals surface area contributed by atoms with Gasteiger partial charge in [0.15, 0.2) is 0 Å². The van der Waals surface area contributed by atoms with Crippen LogP contribution in [0.15, 0.2) is 30.5 Å². The molecule has 0 saturated heterocycles. The van der Waals surface area contributed by atoms with Crippen molar-refractivity contribution in [3.8, 4) is 0 Å². The molecule has 98 valence electrons. The zero-order chi connectivity index (χ0) is 13.4. The Kier molecular flexibility index (Phi) is 2.95. The molecule has 0 fully saturated rings. The molecule has 2 N–H and O–H groups in total. The minimum atomic E-state index is -0.207. The van der Waals surface area contributed by atoms with E-state index < -0.39 is 0 Å². The second-order valence-corrected chi connectivity index (χ2v) is 4.86. The number of nitrogens with two attached hydrogens (primary N) is 1. The fraction of sp³-hybridized carbons (Fsp3) is 0.267. The van der Waals surface area contributed by atoms with Crippen molar-refractivity contribution in [2.24, 2.45) is 5.73 Å². The average molecular weight is 257 g/mol. The summed E-state index contributed by atoms with van der Waals surface area (Å²) in [7, 11) is 0. The van der Waals surface area contributed by atoms with Crippen LogP contribution in [0, 0.1) is 12.7 Å². The molecule has 0 aliphatic carbocycles. The van der Waals surface area contributed by atoms with Crippen LogP contribution in [-0.4, -0.2) is 11.5 Å². The van der Waals surface area contributed by atoms with Crippen LogP contribution in [0.3, 0.4) is 0 Å². The van der Waals surface area contributed by atoms with Gasteiger partial charge in [-0.15, -0.1) is 0 Å². The Morgan fingerprint density at radius 3 is 2.95 bits per heavy atom. The molecule has 0 atom stereocenters. The van der Waals surface area contributed by atoms with Crippen molar-refractivity contribution >= 4 is 11.5 Å². The maximum absolute atomic E-state index is 13.4. The van der Waals surface area contributed by atoms with Crippen LogP contribution in [0.2, 0.25) is 0 Å². The summed E-state index contributed by atoms with van der Waals surface area (Å²) in [4.78, 5) is 6.56. The molecule has 3 rings (SSSR count). The summed E-state index contributed by atoms with van der Waals surface area (Å²) in [6.07, 6.45) is 2.72. The number of fused-ring (bicyclic) bond motifs is 1. The third kappa shape index (κ3) is 2.08. The van der Waals surface area contributed by atoms with E-state index >= 15 is 0 Å². The highest BCUT2D eigenvalue weighted by Crippen LogP contribution is 2.35. The average Bonchev–Trinajstić information content (AvgIpc) is 2.81. The molecule has 0 unspecified atom stereocenters. The molecule has 1 aliphatic heterocycles. The van der Waals surface area contributed by atoms with Gasteiger partial charge in [0.2, 0.25) is 0 Å². The molecule has 0 radical (unpaired) electrons. The van der Waals surface area contributed by atoms with Crippen LogP contribution in [-0.2, 0) is 13.0 Å². The second-order valence-electron chi connectivity index (χ2n) is 4.86. The van der Waals surface area contributed by atoms with Gasteiger partial charge < -0.3 is 10.6 Å². The number of pyridine rings is 1. The van der Waals surface area contributed by atoms with Gasteiger partial charge in [0.25, 0.3) is 0 Å². The lowest BCUT2D eigenvalue weighted by Gasteiger charge is -2.20. The van der Waals surface area contributed by atoms with Crippen LogP contribution >= 0.6 is 0 Å². The molecule has 1 aromatic heterocycles. The monoisotopic (exact) mass is 257 g/mol. The van der Waals surface area contributed by atoms with Crippen LogP contribution < -0.4 is 10.6 Å². The number of aromatic nitrogens is 1. The summed E-state index contributed by atoms with van der Waals surface area (Å²) in [5.41, 5.74) is 9.80. The first-order valence-corrected chi connectivity index (χ1v) is 6.40. The Morgan fingerprint density at radius 2 is 2.21 bits per heavy atom. The molecular weight excluding hydrogens is 241 g/mol. The zero-order valence-electron chi connectivity index (χ0n) is 10.9. The first-order chi connectivity index (χ1) is 9.19. The highest BCUT2D eigenvalue weighted by molar-refractivity contribution is 5.69. The van der Waals surface area contributed by atoms with Gasteiger partial charge in [-0.3, -0.25) is 0 Å². The molecule has 1 aromatic carbocycles. The van der Waals surface area contributed by atoms with Crippen LogP contribution in [0.5, 0.6) is 0 Å². The first kappa shape index (κ1) is 12.1. The number of hydrogen-bond donors (Lipinski definition) is 1. The van der Waals surface area contributed by atoms with E-state index in [-0.39, 0.29) is 5.82 Å². The maximum Gasteiger partial charge on any atom is 0.135 e. The van der Waals surface area contributed by atoms with Gasteiger partial charge in [0.1, 0.15) is 11.6 Å². The number of hydrogen-bond acceptors (Lipinski definition) is 3. The minimum Gasteiger partial charge on any atom is -0.326 e. The molecule has 2 aromatic rings. The topological polar surface area (TPSA) is 42.1 Å². The van der Waals surface area contributed by atoms with Gasteiger partial charge in [-0.2, -0.15) is 0 Å². The predicted molar refractivity (Wildman–Crippen MR) is 74.0 cm³/mol. The summed E-state index contributed by atoms with van der Waals surface area (Å²) in [5.74, 6) is 0.684. The van der Waals surface area contributed by atoms with Crippen molar-refractivity contribution in [3.05, 3.63) is 53.0 Å². The lowest BCUT2D eigenvalue weighted by molar-refractivity contribution is 0.628. The highest BCUT2D eigenvalue weighted by atomic mass is 19.1. The van der Waals surface area contributed by atoms with E-state index in [1.807, 2.05) is 19.1 Å². The van der Waals surface area contributed by atoms with E-state index in [0.717, 1.165) is 35.6 Å². The van der Waals surface area contributed by atoms with E-state index in [9.17, 15) is 4.39 Å². The normalized spacial score (nSPS) is 13.7. The molecule has 2 heterocycles. The van der Waals surface area contributed by atoms with E-state index in [1.165, 1.54) is 11.6 Å². The van der Waals surface area contributed by atoms with Crippen LogP contribution in [0.25, 0.3) is 0 Å². The summed E-state index contributed by atoms with van der Waals surface area (Å²) < 4.78 is 13.4. The third-order valence-electron chi connectivity index (χ3n) is 3.54. The van der Waals surface area contributed by atoms with Gasteiger partial charge in [-0.05, 0) is 48.2 Å². The van der Waals surface area contributed by atoms with E-state index in [4.69, 9.17) is 5.73 Å². The Bertz CT molecular complexity index is 625. The summed E-state index contributed by atoms with van der Waals surface area (Å²) in [6.45, 7) is 3.34. The van der Waals surface area contributed by atoms with Crippen molar-refractivity contribution in [1.29, 1.82) is 0 Å². The predicted octanol–water partition coefficient (Wildman–Crippen LogP) is 2.68. The number of nitrogens with zero attached hydrogens (tertiary/aromatic N) is 2. The molecule has 0 bridgehead atoms. The summed E-state index contributed by atoms with van der Waals surface area (Å²) in [5, 5.41) is 0. The Hall–Kier alpha value is -1.94. The second kappa shape index (κ2) is 4.63. The standard InChI is InChI=1S/C15H16FN3/c1-10-6-11(8-17)9-18-15(10)19-5-4-12-2-3-13(16)7-14(12)19/h2-3,6-7,9H,4-5,8,17H2,1H3. The number of anilines is 2. The zero-order valence-corrected chi connectivity index (χ0v) is 10.9. The van der Waals surface area contributed by atoms with Gasteiger partial charge in [-0.1, -0.05) is 6.07 Å². The van der Waals surface area contributed by atoms with Crippen LogP contribution in [0.1, 0.15) is 16.7 Å². The van der Waals surface area contributed by atoms with Crippen molar-refractivity contribution in [2.75, 3.05) is 11.4 Å². The smallest absolute Gasteiger partial charge is 0.135 e. The fourth-order valence-electron chi connectivity index (χ4n) is 2.59. The molecular formula is C15H16FN3. The molecule has 4 heteroatoms. The van der Waals surface area contributed by atoms with Gasteiger partial charge in [0.05, 0.1) is 0 Å². The molecule has 0 spiro atoms. The SMILES string of the molecule is Cc1cc(CN)cnc1N1CCc2ccc(F)cc21. The number of aryl methyl sites for hydroxylation is 1. The number of halogens is 1. The fourth-order valence-corrected chi connectivity index (χ4v) is 2.59. The summed E-state index contributed by atoms with van der Waals surface area (Å²) in [6, 6.07) is 6.99. The van der Waals surface area contributed by atoms with E-state index in [0.29, 0.717) is 6.54 Å². The first-order valence-electron chi connectivity index (χ1n) is 6.40. The molecule has 19 heavy (non-hydrogen) atoms. The van der Waals surface area contributed by atoms with Crippen molar-refractivity contribution in [2.45, 2.75) is 19.9 Å². The minimum absolute atomic E-state index is 0.207. The quantitative estimate of drug-likeness (QED) is 0.899.